The largest absolute Gasteiger partial charge is 0.355 e. The number of carbonyl (C=O) groups excluding carboxylic acids is 1. The van der Waals surface area contributed by atoms with E-state index in [-0.39, 0.29) is 5.91 Å². The van der Waals surface area contributed by atoms with Crippen LogP contribution in [0.15, 0.2) is 0 Å². The maximum Gasteiger partial charge on any atom is 0.238 e. The SMILES string of the molecule is CCCCNC(=O)C(CC(C)CC)N(CCC)S(C)(=O)=O. The van der Waals surface area contributed by atoms with Crippen LogP contribution in [0.2, 0.25) is 0 Å². The normalized spacial score (nSPS) is 15.0. The van der Waals surface area contributed by atoms with Gasteiger partial charge in [0.1, 0.15) is 6.04 Å². The fourth-order valence-electron chi connectivity index (χ4n) is 2.18. The van der Waals surface area contributed by atoms with Gasteiger partial charge in [0.05, 0.1) is 6.26 Å². The van der Waals surface area contributed by atoms with E-state index in [2.05, 4.69) is 26.1 Å². The molecule has 0 heterocycles. The van der Waals surface area contributed by atoms with Crippen LogP contribution in [0.25, 0.3) is 0 Å². The first-order chi connectivity index (χ1) is 9.77. The van der Waals surface area contributed by atoms with E-state index in [0.717, 1.165) is 19.3 Å². The number of hydrogen-bond acceptors (Lipinski definition) is 3. The molecule has 0 spiro atoms. The molecule has 0 radical (unpaired) electrons. The monoisotopic (exact) mass is 320 g/mol. The van der Waals surface area contributed by atoms with Crippen LogP contribution in [0.5, 0.6) is 0 Å². The zero-order chi connectivity index (χ0) is 16.5. The average Bonchev–Trinajstić information content (AvgIpc) is 2.41. The van der Waals surface area contributed by atoms with E-state index in [1.54, 1.807) is 0 Å². The number of carbonyl (C=O) groups is 1. The molecule has 126 valence electrons. The van der Waals surface area contributed by atoms with Crippen molar-refractivity contribution in [3.8, 4) is 0 Å². The highest BCUT2D eigenvalue weighted by Crippen LogP contribution is 2.18. The Morgan fingerprint density at radius 1 is 1.19 bits per heavy atom. The molecule has 0 aromatic carbocycles. The van der Waals surface area contributed by atoms with Crippen molar-refractivity contribution in [2.75, 3.05) is 19.3 Å². The zero-order valence-electron chi connectivity index (χ0n) is 14.2. The van der Waals surface area contributed by atoms with E-state index in [1.165, 1.54) is 10.6 Å². The van der Waals surface area contributed by atoms with E-state index in [4.69, 9.17) is 0 Å². The maximum absolute atomic E-state index is 12.4. The third-order valence-electron chi connectivity index (χ3n) is 3.67. The summed E-state index contributed by atoms with van der Waals surface area (Å²) in [6.45, 7) is 9.09. The van der Waals surface area contributed by atoms with Gasteiger partial charge in [-0.25, -0.2) is 8.42 Å². The Hall–Kier alpha value is -0.620. The van der Waals surface area contributed by atoms with Crippen LogP contribution in [0.3, 0.4) is 0 Å². The second-order valence-electron chi connectivity index (χ2n) is 5.78. The molecule has 2 unspecified atom stereocenters. The van der Waals surface area contributed by atoms with Crippen LogP contribution in [0.4, 0.5) is 0 Å². The van der Waals surface area contributed by atoms with Gasteiger partial charge in [0.15, 0.2) is 0 Å². The lowest BCUT2D eigenvalue weighted by Gasteiger charge is -2.30. The first-order valence-electron chi connectivity index (χ1n) is 8.02. The Kier molecular flexibility index (Phi) is 9.86. The lowest BCUT2D eigenvalue weighted by atomic mass is 9.98. The summed E-state index contributed by atoms with van der Waals surface area (Å²) in [5.74, 6) is 0.149. The second kappa shape index (κ2) is 10.2. The summed E-state index contributed by atoms with van der Waals surface area (Å²) in [4.78, 5) is 12.4. The molecule has 5 nitrogen and oxygen atoms in total. The molecule has 21 heavy (non-hydrogen) atoms. The standard InChI is InChI=1S/C15H32N2O3S/c1-6-9-10-16-15(18)14(12-13(4)8-3)17(11-7-2)21(5,19)20/h13-14H,6-12H2,1-5H3,(H,16,18). The number of sulfonamides is 1. The van der Waals surface area contributed by atoms with E-state index in [9.17, 15) is 13.2 Å². The van der Waals surface area contributed by atoms with Crippen molar-refractivity contribution in [1.82, 2.24) is 9.62 Å². The van der Waals surface area contributed by atoms with E-state index in [0.29, 0.717) is 31.8 Å². The fraction of sp³-hybridized carbons (Fsp3) is 0.933. The highest BCUT2D eigenvalue weighted by molar-refractivity contribution is 7.88. The molecular formula is C15H32N2O3S. The molecule has 0 rings (SSSR count). The predicted molar refractivity (Wildman–Crippen MR) is 87.6 cm³/mol. The second-order valence-corrected chi connectivity index (χ2v) is 7.72. The van der Waals surface area contributed by atoms with Gasteiger partial charge in [-0.1, -0.05) is 40.5 Å². The molecule has 0 aromatic heterocycles. The molecule has 2 atom stereocenters. The minimum atomic E-state index is -3.38. The number of unbranched alkanes of at least 4 members (excludes halogenated alkanes) is 1. The van der Waals surface area contributed by atoms with Crippen molar-refractivity contribution in [1.29, 1.82) is 0 Å². The van der Waals surface area contributed by atoms with Crippen molar-refractivity contribution in [3.63, 3.8) is 0 Å². The molecular weight excluding hydrogens is 288 g/mol. The van der Waals surface area contributed by atoms with Crippen LogP contribution in [-0.2, 0) is 14.8 Å². The lowest BCUT2D eigenvalue weighted by molar-refractivity contribution is -0.125. The summed E-state index contributed by atoms with van der Waals surface area (Å²) >= 11 is 0. The number of rotatable bonds is 11. The molecule has 1 amide bonds. The Morgan fingerprint density at radius 3 is 2.24 bits per heavy atom. The minimum Gasteiger partial charge on any atom is -0.355 e. The number of hydrogen-bond donors (Lipinski definition) is 1. The molecule has 0 saturated heterocycles. The van der Waals surface area contributed by atoms with Gasteiger partial charge in [-0.05, 0) is 25.2 Å². The van der Waals surface area contributed by atoms with E-state index in [1.807, 2.05) is 6.92 Å². The van der Waals surface area contributed by atoms with Crippen LogP contribution in [0, 0.1) is 5.92 Å². The Balaban J connectivity index is 5.12. The molecule has 0 fully saturated rings. The van der Waals surface area contributed by atoms with Crippen LogP contribution in [0.1, 0.15) is 59.8 Å². The molecule has 0 aliphatic carbocycles. The number of amides is 1. The van der Waals surface area contributed by atoms with Gasteiger partial charge in [-0.15, -0.1) is 0 Å². The molecule has 6 heteroatoms. The van der Waals surface area contributed by atoms with Crippen LogP contribution in [-0.4, -0.2) is 44.0 Å². The molecule has 0 bridgehead atoms. The van der Waals surface area contributed by atoms with Gasteiger partial charge >= 0.3 is 0 Å². The summed E-state index contributed by atoms with van der Waals surface area (Å²) in [7, 11) is -3.38. The van der Waals surface area contributed by atoms with Crippen molar-refractivity contribution < 1.29 is 13.2 Å². The molecule has 1 N–H and O–H groups in total. The number of nitrogens with one attached hydrogen (secondary N) is 1. The predicted octanol–water partition coefficient (Wildman–Crippen LogP) is 2.38. The van der Waals surface area contributed by atoms with Crippen molar-refractivity contribution in [2.24, 2.45) is 5.92 Å². The van der Waals surface area contributed by atoms with Gasteiger partial charge < -0.3 is 5.32 Å². The third kappa shape index (κ3) is 7.81. The number of nitrogens with zero attached hydrogens (tertiary/aromatic N) is 1. The molecule has 0 saturated carbocycles. The fourth-order valence-corrected chi connectivity index (χ4v) is 3.34. The minimum absolute atomic E-state index is 0.164. The van der Waals surface area contributed by atoms with Crippen LogP contribution >= 0.6 is 0 Å². The quantitative estimate of drug-likeness (QED) is 0.594. The lowest BCUT2D eigenvalue weighted by Crippen LogP contribution is -2.50. The molecule has 0 aromatic rings. The van der Waals surface area contributed by atoms with Gasteiger partial charge in [0, 0.05) is 13.1 Å². The Bertz CT molecular complexity index is 396. The Morgan fingerprint density at radius 2 is 1.81 bits per heavy atom. The molecule has 0 aliphatic rings. The smallest absolute Gasteiger partial charge is 0.238 e. The summed E-state index contributed by atoms with van der Waals surface area (Å²) in [5, 5.41) is 2.88. The van der Waals surface area contributed by atoms with Gasteiger partial charge in [0.25, 0.3) is 0 Å². The first-order valence-corrected chi connectivity index (χ1v) is 9.87. The van der Waals surface area contributed by atoms with Gasteiger partial charge in [-0.2, -0.15) is 4.31 Å². The summed E-state index contributed by atoms with van der Waals surface area (Å²) in [6.07, 6.45) is 5.30. The Labute approximate surface area is 130 Å². The van der Waals surface area contributed by atoms with Crippen LogP contribution < -0.4 is 5.32 Å². The third-order valence-corrected chi connectivity index (χ3v) is 4.96. The van der Waals surface area contributed by atoms with Gasteiger partial charge in [-0.3, -0.25) is 4.79 Å². The average molecular weight is 320 g/mol. The summed E-state index contributed by atoms with van der Waals surface area (Å²) in [5.41, 5.74) is 0. The van der Waals surface area contributed by atoms with Crippen molar-refractivity contribution in [3.05, 3.63) is 0 Å². The highest BCUT2D eigenvalue weighted by Gasteiger charge is 2.32. The molecule has 0 aliphatic heterocycles. The van der Waals surface area contributed by atoms with E-state index < -0.39 is 16.1 Å². The highest BCUT2D eigenvalue weighted by atomic mass is 32.2. The first kappa shape index (κ1) is 20.4. The van der Waals surface area contributed by atoms with Crippen molar-refractivity contribution in [2.45, 2.75) is 65.8 Å². The zero-order valence-corrected chi connectivity index (χ0v) is 15.0. The topological polar surface area (TPSA) is 66.5 Å². The van der Waals surface area contributed by atoms with E-state index >= 15 is 0 Å². The summed E-state index contributed by atoms with van der Waals surface area (Å²) in [6, 6.07) is -0.591. The maximum atomic E-state index is 12.4. The van der Waals surface area contributed by atoms with Crippen molar-refractivity contribution >= 4 is 15.9 Å². The van der Waals surface area contributed by atoms with Gasteiger partial charge in [0.2, 0.25) is 15.9 Å². The summed E-state index contributed by atoms with van der Waals surface area (Å²) < 4.78 is 25.4.